The van der Waals surface area contributed by atoms with Crippen LogP contribution in [0.4, 0.5) is 5.69 Å². The minimum atomic E-state index is -1.03. The maximum absolute atomic E-state index is 11.8. The summed E-state index contributed by atoms with van der Waals surface area (Å²) in [6.45, 7) is 7.59. The van der Waals surface area contributed by atoms with Gasteiger partial charge in [-0.15, -0.1) is 0 Å². The Morgan fingerprint density at radius 3 is 2.39 bits per heavy atom. The van der Waals surface area contributed by atoms with Crippen LogP contribution in [0.25, 0.3) is 0 Å². The molecule has 1 aromatic carbocycles. The minimum Gasteiger partial charge on any atom is -0.478 e. The van der Waals surface area contributed by atoms with E-state index in [0.717, 1.165) is 0 Å². The third-order valence-corrected chi connectivity index (χ3v) is 2.45. The van der Waals surface area contributed by atoms with Gasteiger partial charge in [0.2, 0.25) is 5.91 Å². The molecule has 1 rings (SSSR count). The molecule has 0 unspecified atom stereocenters. The molecule has 2 N–H and O–H groups in total. The van der Waals surface area contributed by atoms with E-state index in [1.165, 1.54) is 0 Å². The number of hydrogen-bond acceptors (Lipinski definition) is 2. The smallest absolute Gasteiger partial charge is 0.338 e. The van der Waals surface area contributed by atoms with E-state index in [-0.39, 0.29) is 16.9 Å². The number of rotatable bonds is 3. The second-order valence-electron chi connectivity index (χ2n) is 5.59. The Labute approximate surface area is 107 Å². The summed E-state index contributed by atoms with van der Waals surface area (Å²) in [6.07, 6.45) is 0.347. The number of carbonyl (C=O) groups is 2. The molecule has 4 heteroatoms. The first-order valence-electron chi connectivity index (χ1n) is 5.83. The van der Waals surface area contributed by atoms with Gasteiger partial charge < -0.3 is 10.4 Å². The van der Waals surface area contributed by atoms with Crippen molar-refractivity contribution in [2.45, 2.75) is 34.1 Å². The van der Waals surface area contributed by atoms with Crippen molar-refractivity contribution in [1.82, 2.24) is 0 Å². The van der Waals surface area contributed by atoms with Crippen molar-refractivity contribution in [3.05, 3.63) is 29.3 Å². The van der Waals surface area contributed by atoms with Crippen LogP contribution in [0, 0.1) is 12.3 Å². The highest BCUT2D eigenvalue weighted by Gasteiger charge is 2.19. The molecule has 0 bridgehead atoms. The zero-order chi connectivity index (χ0) is 13.9. The lowest BCUT2D eigenvalue weighted by Crippen LogP contribution is -2.21. The van der Waals surface area contributed by atoms with Gasteiger partial charge >= 0.3 is 5.97 Å². The second-order valence-corrected chi connectivity index (χ2v) is 5.59. The third-order valence-electron chi connectivity index (χ3n) is 2.45. The molecule has 0 aliphatic rings. The maximum atomic E-state index is 11.8. The molecule has 0 aromatic heterocycles. The first-order valence-corrected chi connectivity index (χ1v) is 5.83. The number of carboxylic acids is 1. The Morgan fingerprint density at radius 1 is 1.28 bits per heavy atom. The van der Waals surface area contributed by atoms with Crippen LogP contribution < -0.4 is 5.32 Å². The maximum Gasteiger partial charge on any atom is 0.338 e. The molecule has 1 aromatic rings. The molecular weight excluding hydrogens is 230 g/mol. The molecule has 98 valence electrons. The number of nitrogens with one attached hydrogen (secondary N) is 1. The predicted molar refractivity (Wildman–Crippen MR) is 70.8 cm³/mol. The fourth-order valence-corrected chi connectivity index (χ4v) is 1.73. The molecular formula is C14H19NO3. The van der Waals surface area contributed by atoms with Crippen molar-refractivity contribution in [2.24, 2.45) is 5.41 Å². The number of carbonyl (C=O) groups excluding carboxylic acids is 1. The monoisotopic (exact) mass is 249 g/mol. The van der Waals surface area contributed by atoms with Crippen LogP contribution >= 0.6 is 0 Å². The summed E-state index contributed by atoms with van der Waals surface area (Å²) in [7, 11) is 0. The van der Waals surface area contributed by atoms with Crippen molar-refractivity contribution in [3.63, 3.8) is 0 Å². The summed E-state index contributed by atoms with van der Waals surface area (Å²) in [6, 6.07) is 5.05. The highest BCUT2D eigenvalue weighted by atomic mass is 16.4. The number of anilines is 1. The largest absolute Gasteiger partial charge is 0.478 e. The predicted octanol–water partition coefficient (Wildman–Crippen LogP) is 3.07. The second kappa shape index (κ2) is 5.21. The number of carboxylic acid groups (broad SMARTS) is 1. The summed E-state index contributed by atoms with van der Waals surface area (Å²) >= 11 is 0. The van der Waals surface area contributed by atoms with E-state index < -0.39 is 5.97 Å². The van der Waals surface area contributed by atoms with Gasteiger partial charge in [0.15, 0.2) is 0 Å². The number of aryl methyl sites for hydroxylation is 1. The zero-order valence-corrected chi connectivity index (χ0v) is 11.2. The molecule has 0 radical (unpaired) electrons. The van der Waals surface area contributed by atoms with Gasteiger partial charge in [0.1, 0.15) is 0 Å². The lowest BCUT2D eigenvalue weighted by Gasteiger charge is -2.18. The van der Waals surface area contributed by atoms with Gasteiger partial charge in [-0.3, -0.25) is 4.79 Å². The SMILES string of the molecule is Cc1cccc(NC(=O)CC(C)(C)C)c1C(=O)O. The summed E-state index contributed by atoms with van der Waals surface area (Å²) in [5, 5.41) is 11.8. The molecule has 0 fully saturated rings. The van der Waals surface area contributed by atoms with Crippen LogP contribution in [0.5, 0.6) is 0 Å². The molecule has 0 saturated heterocycles. The average Bonchev–Trinajstić information content (AvgIpc) is 2.13. The first kappa shape index (κ1) is 14.2. The number of aromatic carboxylic acids is 1. The van der Waals surface area contributed by atoms with E-state index in [9.17, 15) is 9.59 Å². The molecule has 0 aliphatic carbocycles. The molecule has 1 amide bonds. The van der Waals surface area contributed by atoms with Gasteiger partial charge in [0, 0.05) is 6.42 Å². The van der Waals surface area contributed by atoms with Gasteiger partial charge in [-0.1, -0.05) is 32.9 Å². The van der Waals surface area contributed by atoms with Crippen molar-refractivity contribution in [3.8, 4) is 0 Å². The lowest BCUT2D eigenvalue weighted by molar-refractivity contribution is -0.117. The number of amides is 1. The molecule has 0 heterocycles. The zero-order valence-electron chi connectivity index (χ0n) is 11.2. The normalized spacial score (nSPS) is 11.1. The Kier molecular flexibility index (Phi) is 4.11. The van der Waals surface area contributed by atoms with Crippen LogP contribution in [0.2, 0.25) is 0 Å². The Morgan fingerprint density at radius 2 is 1.89 bits per heavy atom. The van der Waals surface area contributed by atoms with Crippen LogP contribution in [-0.2, 0) is 4.79 Å². The molecule has 0 saturated carbocycles. The van der Waals surface area contributed by atoms with Gasteiger partial charge in [0.05, 0.1) is 11.3 Å². The molecule has 0 spiro atoms. The fraction of sp³-hybridized carbons (Fsp3) is 0.429. The van der Waals surface area contributed by atoms with E-state index in [2.05, 4.69) is 5.32 Å². The van der Waals surface area contributed by atoms with E-state index in [1.807, 2.05) is 20.8 Å². The third kappa shape index (κ3) is 3.87. The quantitative estimate of drug-likeness (QED) is 0.865. The molecule has 0 atom stereocenters. The summed E-state index contributed by atoms with van der Waals surface area (Å²) < 4.78 is 0. The Bertz CT molecular complexity index is 472. The molecule has 4 nitrogen and oxygen atoms in total. The number of benzene rings is 1. The highest BCUT2D eigenvalue weighted by molar-refractivity contribution is 6.01. The van der Waals surface area contributed by atoms with Crippen molar-refractivity contribution in [1.29, 1.82) is 0 Å². The van der Waals surface area contributed by atoms with E-state index in [1.54, 1.807) is 25.1 Å². The summed E-state index contributed by atoms with van der Waals surface area (Å²) in [5.41, 5.74) is 1.02. The van der Waals surface area contributed by atoms with Gasteiger partial charge in [0.25, 0.3) is 0 Å². The topological polar surface area (TPSA) is 66.4 Å². The summed E-state index contributed by atoms with van der Waals surface area (Å²) in [4.78, 5) is 23.0. The standard InChI is InChI=1S/C14H19NO3/c1-9-6-5-7-10(12(9)13(17)18)15-11(16)8-14(2,3)4/h5-7H,8H2,1-4H3,(H,15,16)(H,17,18). The highest BCUT2D eigenvalue weighted by Crippen LogP contribution is 2.23. The average molecular weight is 249 g/mol. The van der Waals surface area contributed by atoms with E-state index in [0.29, 0.717) is 17.7 Å². The number of hydrogen-bond donors (Lipinski definition) is 2. The van der Waals surface area contributed by atoms with Crippen LogP contribution in [0.1, 0.15) is 43.1 Å². The molecule has 0 aliphatic heterocycles. The van der Waals surface area contributed by atoms with Gasteiger partial charge in [-0.05, 0) is 24.0 Å². The molecule has 18 heavy (non-hydrogen) atoms. The van der Waals surface area contributed by atoms with Crippen LogP contribution in [-0.4, -0.2) is 17.0 Å². The van der Waals surface area contributed by atoms with Crippen molar-refractivity contribution >= 4 is 17.6 Å². The van der Waals surface area contributed by atoms with Gasteiger partial charge in [-0.2, -0.15) is 0 Å². The summed E-state index contributed by atoms with van der Waals surface area (Å²) in [5.74, 6) is -1.20. The van der Waals surface area contributed by atoms with Crippen molar-refractivity contribution < 1.29 is 14.7 Å². The first-order chi connectivity index (χ1) is 8.20. The van der Waals surface area contributed by atoms with Crippen LogP contribution in [0.3, 0.4) is 0 Å². The van der Waals surface area contributed by atoms with Gasteiger partial charge in [-0.25, -0.2) is 4.79 Å². The fourth-order valence-electron chi connectivity index (χ4n) is 1.73. The van der Waals surface area contributed by atoms with Crippen molar-refractivity contribution in [2.75, 3.05) is 5.32 Å². The lowest BCUT2D eigenvalue weighted by atomic mass is 9.92. The van der Waals surface area contributed by atoms with E-state index in [4.69, 9.17) is 5.11 Å². The van der Waals surface area contributed by atoms with E-state index >= 15 is 0 Å². The Hall–Kier alpha value is -1.84. The minimum absolute atomic E-state index is 0.128. The Balaban J connectivity index is 2.95. The van der Waals surface area contributed by atoms with Crippen LogP contribution in [0.15, 0.2) is 18.2 Å².